The third-order valence-electron chi connectivity index (χ3n) is 3.92. The van der Waals surface area contributed by atoms with Gasteiger partial charge in [0.15, 0.2) is 0 Å². The van der Waals surface area contributed by atoms with E-state index in [1.165, 1.54) is 16.6 Å². The summed E-state index contributed by atoms with van der Waals surface area (Å²) in [7, 11) is 0. The number of nitro benzene ring substituents is 1. The Balaban J connectivity index is 1.74. The first-order valence-electron chi connectivity index (χ1n) is 8.11. The van der Waals surface area contributed by atoms with E-state index < -0.39 is 4.92 Å². The van der Waals surface area contributed by atoms with Crippen LogP contribution in [0.5, 0.6) is 0 Å². The quantitative estimate of drug-likeness (QED) is 0.421. The van der Waals surface area contributed by atoms with Gasteiger partial charge in [0.2, 0.25) is 0 Å². The molecule has 1 fully saturated rings. The fourth-order valence-electron chi connectivity index (χ4n) is 2.69. The van der Waals surface area contributed by atoms with Crippen LogP contribution in [0.2, 0.25) is 0 Å². The monoisotopic (exact) mass is 405 g/mol. The van der Waals surface area contributed by atoms with E-state index in [-0.39, 0.29) is 32.9 Å². The fraction of sp³-hybridized carbons (Fsp3) is 0.263. The molecule has 0 bridgehead atoms. The molecule has 0 spiro atoms. The van der Waals surface area contributed by atoms with Crippen molar-refractivity contribution in [3.63, 3.8) is 0 Å². The number of non-ortho nitro benzene ring substituents is 1. The summed E-state index contributed by atoms with van der Waals surface area (Å²) in [4.78, 5) is 12.5. The molecule has 2 aromatic rings. The van der Waals surface area contributed by atoms with E-state index in [9.17, 15) is 10.1 Å². The zero-order valence-electron chi connectivity index (χ0n) is 13.8. The summed E-state index contributed by atoms with van der Waals surface area (Å²) in [5.41, 5.74) is 1.03. The van der Waals surface area contributed by atoms with E-state index in [1.54, 1.807) is 12.1 Å². The maximum absolute atomic E-state index is 10.8. The van der Waals surface area contributed by atoms with Gasteiger partial charge in [0, 0.05) is 0 Å². The fourth-order valence-corrected chi connectivity index (χ4v) is 4.32. The van der Waals surface area contributed by atoms with Gasteiger partial charge in [-0.15, -0.1) is 0 Å². The molecule has 0 radical (unpaired) electrons. The van der Waals surface area contributed by atoms with Crippen LogP contribution in [-0.4, -0.2) is 32.6 Å². The first-order valence-corrected chi connectivity index (χ1v) is 9.96. The van der Waals surface area contributed by atoms with E-state index in [2.05, 4.69) is 17.1 Å². The molecule has 0 aromatic heterocycles. The van der Waals surface area contributed by atoms with Crippen molar-refractivity contribution in [3.05, 3.63) is 81.0 Å². The number of nitrogens with zero attached hydrogens (tertiary/aromatic N) is 1. The van der Waals surface area contributed by atoms with Crippen LogP contribution in [0.15, 0.2) is 65.3 Å². The summed E-state index contributed by atoms with van der Waals surface area (Å²) in [5, 5.41) is 10.8. The molecule has 0 unspecified atom stereocenters. The zero-order chi connectivity index (χ0) is 17.6. The molecule has 25 heavy (non-hydrogen) atoms. The van der Waals surface area contributed by atoms with Crippen LogP contribution in [0.4, 0.5) is 5.69 Å². The van der Waals surface area contributed by atoms with Crippen LogP contribution in [0, 0.1) is 10.1 Å². The summed E-state index contributed by atoms with van der Waals surface area (Å²) in [5.74, 6) is 0.869. The predicted octanol–water partition coefficient (Wildman–Crippen LogP) is 3.33. The van der Waals surface area contributed by atoms with E-state index >= 15 is 0 Å². The minimum atomic E-state index is -0.393. The molecule has 1 aliphatic rings. The SMILES string of the molecule is CCO[C@@H]1C[C@@H](c2ccc([N+](=O)[O-])cc2)O/C1=C\[Se]c1ccccc1. The van der Waals surface area contributed by atoms with Gasteiger partial charge in [0.05, 0.1) is 0 Å². The van der Waals surface area contributed by atoms with Gasteiger partial charge in [-0.25, -0.2) is 0 Å². The molecule has 1 heterocycles. The Labute approximate surface area is 153 Å². The average molecular weight is 404 g/mol. The number of ether oxygens (including phenoxy) is 2. The summed E-state index contributed by atoms with van der Waals surface area (Å²) in [6.07, 6.45) is 0.536. The molecule has 2 atom stereocenters. The molecular weight excluding hydrogens is 385 g/mol. The van der Waals surface area contributed by atoms with Gasteiger partial charge < -0.3 is 0 Å². The minimum absolute atomic E-state index is 0.0595. The van der Waals surface area contributed by atoms with Gasteiger partial charge in [0.25, 0.3) is 0 Å². The Bertz CT molecular complexity index is 746. The van der Waals surface area contributed by atoms with Gasteiger partial charge >= 0.3 is 153 Å². The van der Waals surface area contributed by atoms with E-state index in [1.807, 2.05) is 25.1 Å². The topological polar surface area (TPSA) is 61.6 Å². The summed E-state index contributed by atoms with van der Waals surface area (Å²) in [6, 6.07) is 16.8. The second-order valence-electron chi connectivity index (χ2n) is 5.59. The molecule has 1 aliphatic heterocycles. The Morgan fingerprint density at radius 3 is 2.60 bits per heavy atom. The summed E-state index contributed by atoms with van der Waals surface area (Å²) < 4.78 is 13.2. The molecule has 0 amide bonds. The molecular formula is C19H19NO4Se. The van der Waals surface area contributed by atoms with Crippen molar-refractivity contribution < 1.29 is 14.4 Å². The molecule has 0 saturated carbocycles. The van der Waals surface area contributed by atoms with Gasteiger partial charge in [-0.2, -0.15) is 0 Å². The first kappa shape index (κ1) is 17.7. The van der Waals surface area contributed by atoms with Crippen molar-refractivity contribution in [3.8, 4) is 0 Å². The third kappa shape index (κ3) is 4.48. The van der Waals surface area contributed by atoms with Crippen LogP contribution in [-0.2, 0) is 9.47 Å². The number of nitro groups is 1. The molecule has 130 valence electrons. The maximum atomic E-state index is 10.8. The second-order valence-corrected chi connectivity index (χ2v) is 7.56. The van der Waals surface area contributed by atoms with Crippen LogP contribution >= 0.6 is 0 Å². The normalized spacial score (nSPS) is 21.2. The standard InChI is InChI=1S/C19H19NO4Se/c1-2-23-18-12-17(14-8-10-15(11-9-14)20(21)22)24-19(18)13-25-16-6-4-3-5-7-16/h3-11,13,17-18H,2,12H2,1H3/b19-13-/t17-,18+/m0/s1. The summed E-state index contributed by atoms with van der Waals surface area (Å²) >= 11 is 0.177. The Morgan fingerprint density at radius 2 is 1.96 bits per heavy atom. The molecule has 0 aliphatic carbocycles. The van der Waals surface area contributed by atoms with Crippen molar-refractivity contribution in [2.45, 2.75) is 25.6 Å². The molecule has 2 aromatic carbocycles. The third-order valence-corrected chi connectivity index (χ3v) is 5.80. The van der Waals surface area contributed by atoms with Crippen molar-refractivity contribution in [1.29, 1.82) is 0 Å². The van der Waals surface area contributed by atoms with Crippen LogP contribution < -0.4 is 4.46 Å². The van der Waals surface area contributed by atoms with Gasteiger partial charge in [0.1, 0.15) is 0 Å². The zero-order valence-corrected chi connectivity index (χ0v) is 15.5. The van der Waals surface area contributed by atoms with Crippen LogP contribution in [0.1, 0.15) is 25.0 Å². The van der Waals surface area contributed by atoms with Crippen LogP contribution in [0.3, 0.4) is 0 Å². The predicted molar refractivity (Wildman–Crippen MR) is 96.9 cm³/mol. The number of benzene rings is 2. The molecule has 3 rings (SSSR count). The Morgan fingerprint density at radius 1 is 1.24 bits per heavy atom. The van der Waals surface area contributed by atoms with Crippen molar-refractivity contribution in [1.82, 2.24) is 0 Å². The second kappa shape index (κ2) is 8.30. The van der Waals surface area contributed by atoms with Gasteiger partial charge in [-0.05, 0) is 0 Å². The summed E-state index contributed by atoms with van der Waals surface area (Å²) in [6.45, 7) is 2.59. The van der Waals surface area contributed by atoms with E-state index in [0.717, 1.165) is 17.7 Å². The first-order chi connectivity index (χ1) is 12.2. The van der Waals surface area contributed by atoms with Crippen molar-refractivity contribution >= 4 is 25.1 Å². The van der Waals surface area contributed by atoms with Crippen molar-refractivity contribution in [2.75, 3.05) is 6.61 Å². The Hall–Kier alpha value is -2.14. The van der Waals surface area contributed by atoms with Crippen molar-refractivity contribution in [2.24, 2.45) is 0 Å². The Kier molecular flexibility index (Phi) is 5.87. The van der Waals surface area contributed by atoms with Gasteiger partial charge in [-0.3, -0.25) is 0 Å². The molecule has 0 N–H and O–H groups in total. The number of hydrogen-bond acceptors (Lipinski definition) is 4. The number of hydrogen-bond donors (Lipinski definition) is 0. The molecule has 5 nitrogen and oxygen atoms in total. The molecule has 6 heteroatoms. The van der Waals surface area contributed by atoms with E-state index in [0.29, 0.717) is 6.61 Å². The molecule has 1 saturated heterocycles. The van der Waals surface area contributed by atoms with E-state index in [4.69, 9.17) is 9.47 Å². The average Bonchev–Trinajstić information content (AvgIpc) is 3.04. The van der Waals surface area contributed by atoms with Gasteiger partial charge in [-0.1, -0.05) is 0 Å². The number of rotatable bonds is 6. The van der Waals surface area contributed by atoms with Crippen LogP contribution in [0.25, 0.3) is 0 Å².